The van der Waals surface area contributed by atoms with Crippen LogP contribution in [0.15, 0.2) is 0 Å². The van der Waals surface area contributed by atoms with Gasteiger partial charge in [-0.3, -0.25) is 0 Å². The van der Waals surface area contributed by atoms with E-state index in [-0.39, 0.29) is 0 Å². The molecule has 0 heterocycles. The lowest BCUT2D eigenvalue weighted by Gasteiger charge is -2.35. The van der Waals surface area contributed by atoms with Crippen molar-refractivity contribution in [3.05, 3.63) is 0 Å². The van der Waals surface area contributed by atoms with Crippen molar-refractivity contribution in [3.63, 3.8) is 0 Å². The predicted molar refractivity (Wildman–Crippen MR) is 97.8 cm³/mol. The molecule has 21 heavy (non-hydrogen) atoms. The van der Waals surface area contributed by atoms with Crippen molar-refractivity contribution in [1.29, 1.82) is 0 Å². The highest BCUT2D eigenvalue weighted by atomic mass is 28.4. The number of rotatable bonds is 12. The van der Waals surface area contributed by atoms with Gasteiger partial charge in [-0.15, -0.1) is 0 Å². The molecule has 0 aliphatic rings. The molecule has 0 aromatic heterocycles. The Kier molecular flexibility index (Phi) is 10.3. The number of likely N-dealkylation sites (N-methyl/N-ethyl adjacent to an activating group) is 2. The summed E-state index contributed by atoms with van der Waals surface area (Å²) in [6.07, 6.45) is 1.16. The molecule has 0 fully saturated rings. The van der Waals surface area contributed by atoms with Crippen LogP contribution < -0.4 is 0 Å². The van der Waals surface area contributed by atoms with E-state index in [0.717, 1.165) is 25.6 Å². The van der Waals surface area contributed by atoms with Crippen molar-refractivity contribution < 1.29 is 8.85 Å². The van der Waals surface area contributed by atoms with Gasteiger partial charge in [-0.25, -0.2) is 0 Å². The highest BCUT2D eigenvalue weighted by Gasteiger charge is 2.28. The second kappa shape index (κ2) is 10.1. The van der Waals surface area contributed by atoms with Gasteiger partial charge in [0, 0.05) is 27.3 Å². The molecular formula is C15H38N2O2Si2. The van der Waals surface area contributed by atoms with E-state index in [2.05, 4.69) is 49.5 Å². The van der Waals surface area contributed by atoms with Crippen molar-refractivity contribution in [2.24, 2.45) is 0 Å². The minimum atomic E-state index is -1.89. The van der Waals surface area contributed by atoms with Crippen molar-refractivity contribution in [3.8, 4) is 0 Å². The van der Waals surface area contributed by atoms with Crippen molar-refractivity contribution >= 4 is 16.8 Å². The minimum Gasteiger partial charge on any atom is -0.398 e. The molecule has 0 atom stereocenters. The maximum atomic E-state index is 5.56. The van der Waals surface area contributed by atoms with E-state index in [1.54, 1.807) is 14.2 Å². The zero-order valence-electron chi connectivity index (χ0n) is 15.7. The summed E-state index contributed by atoms with van der Waals surface area (Å²) < 4.78 is 13.8. The minimum absolute atomic E-state index is 1.07. The summed E-state index contributed by atoms with van der Waals surface area (Å²) >= 11 is 0. The molecule has 0 unspecified atom stereocenters. The first-order valence-electron chi connectivity index (χ1n) is 8.30. The van der Waals surface area contributed by atoms with E-state index >= 15 is 0 Å². The van der Waals surface area contributed by atoms with E-state index in [1.807, 2.05) is 0 Å². The molecule has 0 bridgehead atoms. The van der Waals surface area contributed by atoms with Crippen LogP contribution in [0.3, 0.4) is 0 Å². The predicted octanol–water partition coefficient (Wildman–Crippen LogP) is 3.22. The van der Waals surface area contributed by atoms with Crippen LogP contribution in [0.4, 0.5) is 0 Å². The van der Waals surface area contributed by atoms with Gasteiger partial charge in [-0.05, 0) is 38.6 Å². The van der Waals surface area contributed by atoms with E-state index in [0.29, 0.717) is 0 Å². The molecule has 0 aliphatic heterocycles. The zero-order chi connectivity index (χ0) is 16.5. The second-order valence-electron chi connectivity index (χ2n) is 6.83. The van der Waals surface area contributed by atoms with Crippen LogP contribution in [0, 0.1) is 0 Å². The van der Waals surface area contributed by atoms with Gasteiger partial charge in [0.15, 0.2) is 0 Å². The number of hydrogen-bond acceptors (Lipinski definition) is 4. The SMILES string of the molecule is CCN(CCC[Si](C)(OC)OC)CCN(CC)[Si](C)(C)C. The number of hydrogen-bond donors (Lipinski definition) is 0. The fourth-order valence-electron chi connectivity index (χ4n) is 2.57. The molecular weight excluding hydrogens is 296 g/mol. The summed E-state index contributed by atoms with van der Waals surface area (Å²) in [5, 5.41) is 0. The first-order valence-corrected chi connectivity index (χ1v) is 14.3. The molecule has 0 amide bonds. The Morgan fingerprint density at radius 1 is 0.810 bits per heavy atom. The molecule has 6 heteroatoms. The van der Waals surface area contributed by atoms with Gasteiger partial charge in [0.1, 0.15) is 8.24 Å². The number of nitrogens with zero attached hydrogens (tertiary/aromatic N) is 2. The lowest BCUT2D eigenvalue weighted by atomic mass is 10.4. The van der Waals surface area contributed by atoms with Crippen LogP contribution in [0.1, 0.15) is 20.3 Å². The first-order chi connectivity index (χ1) is 9.72. The second-order valence-corrected chi connectivity index (χ2v) is 15.4. The quantitative estimate of drug-likeness (QED) is 0.512. The average molecular weight is 335 g/mol. The van der Waals surface area contributed by atoms with Crippen LogP contribution in [-0.4, -0.2) is 73.2 Å². The van der Waals surface area contributed by atoms with E-state index < -0.39 is 16.8 Å². The van der Waals surface area contributed by atoms with Crippen LogP contribution in [0.5, 0.6) is 0 Å². The molecule has 4 nitrogen and oxygen atoms in total. The van der Waals surface area contributed by atoms with Gasteiger partial charge < -0.3 is 18.3 Å². The fraction of sp³-hybridized carbons (Fsp3) is 1.00. The zero-order valence-corrected chi connectivity index (χ0v) is 17.7. The Morgan fingerprint density at radius 2 is 1.38 bits per heavy atom. The van der Waals surface area contributed by atoms with Crippen LogP contribution >= 0.6 is 0 Å². The molecule has 0 aromatic rings. The summed E-state index contributed by atoms with van der Waals surface area (Å²) in [7, 11) is 0.502. The lowest BCUT2D eigenvalue weighted by Crippen LogP contribution is -2.49. The highest BCUT2D eigenvalue weighted by Crippen LogP contribution is 2.14. The molecule has 0 saturated carbocycles. The average Bonchev–Trinajstić information content (AvgIpc) is 2.44. The third kappa shape index (κ3) is 8.47. The Labute approximate surface area is 135 Å². The molecule has 0 spiro atoms. The first kappa shape index (κ1) is 21.3. The third-order valence-electron chi connectivity index (χ3n) is 4.43. The Balaban J connectivity index is 4.17. The fourth-order valence-corrected chi connectivity index (χ4v) is 5.66. The molecule has 0 rings (SSSR count). The lowest BCUT2D eigenvalue weighted by molar-refractivity contribution is 0.235. The highest BCUT2D eigenvalue weighted by molar-refractivity contribution is 6.73. The third-order valence-corrected chi connectivity index (χ3v) is 9.86. The van der Waals surface area contributed by atoms with Gasteiger partial charge in [-0.1, -0.05) is 33.5 Å². The topological polar surface area (TPSA) is 24.9 Å². The van der Waals surface area contributed by atoms with Gasteiger partial charge in [0.25, 0.3) is 0 Å². The monoisotopic (exact) mass is 334 g/mol. The maximum Gasteiger partial charge on any atom is 0.334 e. The van der Waals surface area contributed by atoms with Crippen molar-refractivity contribution in [1.82, 2.24) is 9.47 Å². The summed E-state index contributed by atoms with van der Waals surface area (Å²) in [6, 6.07) is 1.07. The van der Waals surface area contributed by atoms with Crippen LogP contribution in [0.25, 0.3) is 0 Å². The van der Waals surface area contributed by atoms with E-state index in [9.17, 15) is 0 Å². The molecule has 0 aliphatic carbocycles. The molecule has 0 radical (unpaired) electrons. The van der Waals surface area contributed by atoms with E-state index in [4.69, 9.17) is 8.85 Å². The van der Waals surface area contributed by atoms with Crippen molar-refractivity contribution in [2.75, 3.05) is 46.9 Å². The van der Waals surface area contributed by atoms with E-state index in [1.165, 1.54) is 19.6 Å². The maximum absolute atomic E-state index is 5.56. The van der Waals surface area contributed by atoms with Gasteiger partial charge in [0.2, 0.25) is 0 Å². The largest absolute Gasteiger partial charge is 0.398 e. The summed E-state index contributed by atoms with van der Waals surface area (Å²) in [4.78, 5) is 2.56. The smallest absolute Gasteiger partial charge is 0.334 e. The van der Waals surface area contributed by atoms with Gasteiger partial charge >= 0.3 is 8.56 Å². The van der Waals surface area contributed by atoms with Gasteiger partial charge in [-0.2, -0.15) is 0 Å². The molecule has 0 N–H and O–H groups in total. The molecule has 128 valence electrons. The summed E-state index contributed by atoms with van der Waals surface area (Å²) in [6.45, 7) is 19.8. The Hall–Kier alpha value is 0.274. The summed E-state index contributed by atoms with van der Waals surface area (Å²) in [5.41, 5.74) is 0. The van der Waals surface area contributed by atoms with Crippen LogP contribution in [0.2, 0.25) is 32.2 Å². The summed E-state index contributed by atoms with van der Waals surface area (Å²) in [5.74, 6) is 0. The standard InChI is InChI=1S/C15H38N2O2Si2/c1-9-16(12-11-15-21(8,18-3)19-4)13-14-17(10-2)20(5,6)7/h9-15H2,1-8H3. The molecule has 0 saturated heterocycles. The van der Waals surface area contributed by atoms with Crippen molar-refractivity contribution in [2.45, 2.75) is 52.5 Å². The van der Waals surface area contributed by atoms with Crippen LogP contribution in [-0.2, 0) is 8.85 Å². The molecule has 0 aromatic carbocycles. The normalized spacial score (nSPS) is 13.4. The van der Waals surface area contributed by atoms with Gasteiger partial charge in [0.05, 0.1) is 0 Å². The Bertz CT molecular complexity index is 269. The Morgan fingerprint density at radius 3 is 1.76 bits per heavy atom.